The highest BCUT2D eigenvalue weighted by molar-refractivity contribution is 5.14. The van der Waals surface area contributed by atoms with E-state index in [1.807, 2.05) is 6.20 Å². The van der Waals surface area contributed by atoms with Crippen LogP contribution in [0.25, 0.3) is 0 Å². The second-order valence-electron chi connectivity index (χ2n) is 6.74. The first-order valence-electron chi connectivity index (χ1n) is 9.35. The average Bonchev–Trinajstić information content (AvgIpc) is 3.09. The Hall–Kier alpha value is -1.65. The van der Waals surface area contributed by atoms with E-state index in [0.29, 0.717) is 6.04 Å². The molecule has 1 aliphatic rings. The van der Waals surface area contributed by atoms with Gasteiger partial charge in [-0.3, -0.25) is 0 Å². The van der Waals surface area contributed by atoms with Gasteiger partial charge in [0.05, 0.1) is 6.54 Å². The number of aromatic nitrogens is 2. The van der Waals surface area contributed by atoms with Crippen molar-refractivity contribution in [1.29, 1.82) is 0 Å². The molecule has 0 spiro atoms. The van der Waals surface area contributed by atoms with Gasteiger partial charge in [0.2, 0.25) is 0 Å². The molecule has 1 aliphatic heterocycles. The molecule has 24 heavy (non-hydrogen) atoms. The third-order valence-electron chi connectivity index (χ3n) is 4.98. The molecule has 1 aromatic heterocycles. The standard InChI is InChI=1S/C20H30N4/c1-2-24-15-12-21-20(24)16-22-19-11-7-14-23(17-19)13-6-10-18-8-4-3-5-9-18/h3-5,8-9,12,15,19,22H,2,6-7,10-11,13-14,16-17H2,1H3. The molecular formula is C20H30N4. The van der Waals surface area contributed by atoms with Crippen LogP contribution in [0, 0.1) is 0 Å². The number of aryl methyl sites for hydroxylation is 2. The summed E-state index contributed by atoms with van der Waals surface area (Å²) in [6.07, 6.45) is 8.97. The molecule has 0 aliphatic carbocycles. The monoisotopic (exact) mass is 326 g/mol. The van der Waals surface area contributed by atoms with Gasteiger partial charge in [-0.25, -0.2) is 4.98 Å². The van der Waals surface area contributed by atoms with Gasteiger partial charge in [0.15, 0.2) is 0 Å². The van der Waals surface area contributed by atoms with Crippen LogP contribution in [0.4, 0.5) is 0 Å². The van der Waals surface area contributed by atoms with E-state index in [1.54, 1.807) is 0 Å². The van der Waals surface area contributed by atoms with Crippen LogP contribution >= 0.6 is 0 Å². The maximum Gasteiger partial charge on any atom is 0.122 e. The molecule has 130 valence electrons. The molecule has 3 rings (SSSR count). The Morgan fingerprint density at radius 3 is 2.96 bits per heavy atom. The Morgan fingerprint density at radius 2 is 2.12 bits per heavy atom. The van der Waals surface area contributed by atoms with Crippen LogP contribution in [0.3, 0.4) is 0 Å². The summed E-state index contributed by atoms with van der Waals surface area (Å²) in [5.74, 6) is 1.15. The van der Waals surface area contributed by atoms with E-state index in [4.69, 9.17) is 0 Å². The lowest BCUT2D eigenvalue weighted by molar-refractivity contribution is 0.187. The van der Waals surface area contributed by atoms with Gasteiger partial charge < -0.3 is 14.8 Å². The molecule has 1 atom stereocenters. The van der Waals surface area contributed by atoms with Gasteiger partial charge >= 0.3 is 0 Å². The molecule has 1 aromatic carbocycles. The minimum atomic E-state index is 0.595. The van der Waals surface area contributed by atoms with Gasteiger partial charge in [-0.2, -0.15) is 0 Å². The molecule has 1 fully saturated rings. The SMILES string of the molecule is CCn1ccnc1CNC1CCCN(CCCc2ccccc2)C1. The van der Waals surface area contributed by atoms with E-state index in [9.17, 15) is 0 Å². The average molecular weight is 326 g/mol. The first-order chi connectivity index (χ1) is 11.8. The quantitative estimate of drug-likeness (QED) is 0.809. The van der Waals surface area contributed by atoms with Crippen LogP contribution in [-0.2, 0) is 19.5 Å². The summed E-state index contributed by atoms with van der Waals surface area (Å²) in [5.41, 5.74) is 1.45. The zero-order valence-electron chi connectivity index (χ0n) is 14.8. The zero-order chi connectivity index (χ0) is 16.6. The van der Waals surface area contributed by atoms with E-state index in [-0.39, 0.29) is 0 Å². The predicted molar refractivity (Wildman–Crippen MR) is 99.0 cm³/mol. The highest BCUT2D eigenvalue weighted by atomic mass is 15.2. The van der Waals surface area contributed by atoms with Crippen molar-refractivity contribution in [2.24, 2.45) is 0 Å². The number of hydrogen-bond acceptors (Lipinski definition) is 3. The van der Waals surface area contributed by atoms with E-state index in [2.05, 4.69) is 63.2 Å². The lowest BCUT2D eigenvalue weighted by Gasteiger charge is -2.33. The molecule has 2 heterocycles. The molecule has 0 bridgehead atoms. The van der Waals surface area contributed by atoms with Gasteiger partial charge in [-0.05, 0) is 51.3 Å². The van der Waals surface area contributed by atoms with Crippen molar-refractivity contribution >= 4 is 0 Å². The fourth-order valence-electron chi connectivity index (χ4n) is 3.61. The summed E-state index contributed by atoms with van der Waals surface area (Å²) < 4.78 is 2.22. The van der Waals surface area contributed by atoms with Gasteiger partial charge in [-0.1, -0.05) is 30.3 Å². The first-order valence-corrected chi connectivity index (χ1v) is 9.35. The van der Waals surface area contributed by atoms with Crippen LogP contribution in [0.2, 0.25) is 0 Å². The third-order valence-corrected chi connectivity index (χ3v) is 4.98. The number of rotatable bonds is 8. The third kappa shape index (κ3) is 4.92. The molecule has 0 amide bonds. The van der Waals surface area contributed by atoms with Crippen LogP contribution in [0.1, 0.15) is 37.6 Å². The van der Waals surface area contributed by atoms with Crippen molar-refractivity contribution in [3.05, 3.63) is 54.1 Å². The summed E-state index contributed by atoms with van der Waals surface area (Å²) in [4.78, 5) is 7.08. The fraction of sp³-hybridized carbons (Fsp3) is 0.550. The van der Waals surface area contributed by atoms with Crippen LogP contribution in [-0.4, -0.2) is 40.1 Å². The number of hydrogen-bond donors (Lipinski definition) is 1. The van der Waals surface area contributed by atoms with Crippen molar-refractivity contribution in [1.82, 2.24) is 19.8 Å². The van der Waals surface area contributed by atoms with Crippen molar-refractivity contribution in [3.8, 4) is 0 Å². The summed E-state index contributed by atoms with van der Waals surface area (Å²) in [5, 5.41) is 3.71. The molecule has 1 N–H and O–H groups in total. The summed E-state index contributed by atoms with van der Waals surface area (Å²) in [6.45, 7) is 7.66. The molecule has 0 saturated carbocycles. The minimum Gasteiger partial charge on any atom is -0.334 e. The van der Waals surface area contributed by atoms with Crippen molar-refractivity contribution in [3.63, 3.8) is 0 Å². The van der Waals surface area contributed by atoms with Crippen molar-refractivity contribution in [2.75, 3.05) is 19.6 Å². The molecule has 1 unspecified atom stereocenters. The molecular weight excluding hydrogens is 296 g/mol. The van der Waals surface area contributed by atoms with Crippen LogP contribution in [0.5, 0.6) is 0 Å². The number of benzene rings is 1. The van der Waals surface area contributed by atoms with Gasteiger partial charge in [-0.15, -0.1) is 0 Å². The Bertz CT molecular complexity index is 593. The highest BCUT2D eigenvalue weighted by Crippen LogP contribution is 2.12. The van der Waals surface area contributed by atoms with Gasteiger partial charge in [0, 0.05) is 31.5 Å². The lowest BCUT2D eigenvalue weighted by Crippen LogP contribution is -2.45. The molecule has 0 radical (unpaired) electrons. The molecule has 2 aromatic rings. The maximum atomic E-state index is 4.46. The Morgan fingerprint density at radius 1 is 1.25 bits per heavy atom. The van der Waals surface area contributed by atoms with E-state index in [0.717, 1.165) is 18.9 Å². The van der Waals surface area contributed by atoms with Crippen LogP contribution in [0.15, 0.2) is 42.7 Å². The smallest absolute Gasteiger partial charge is 0.122 e. The minimum absolute atomic E-state index is 0.595. The lowest BCUT2D eigenvalue weighted by atomic mass is 10.0. The Kier molecular flexibility index (Phi) is 6.44. The van der Waals surface area contributed by atoms with Crippen molar-refractivity contribution in [2.45, 2.75) is 51.7 Å². The van der Waals surface area contributed by atoms with Gasteiger partial charge in [0.1, 0.15) is 5.82 Å². The Balaban J connectivity index is 1.39. The molecule has 4 nitrogen and oxygen atoms in total. The van der Waals surface area contributed by atoms with Crippen molar-refractivity contribution < 1.29 is 0 Å². The summed E-state index contributed by atoms with van der Waals surface area (Å²) in [6, 6.07) is 11.4. The second kappa shape index (κ2) is 9.00. The number of imidazole rings is 1. The fourth-order valence-corrected chi connectivity index (χ4v) is 3.61. The number of nitrogens with one attached hydrogen (secondary N) is 1. The van der Waals surface area contributed by atoms with Gasteiger partial charge in [0.25, 0.3) is 0 Å². The van der Waals surface area contributed by atoms with Crippen LogP contribution < -0.4 is 5.32 Å². The summed E-state index contributed by atoms with van der Waals surface area (Å²) in [7, 11) is 0. The first kappa shape index (κ1) is 17.2. The largest absolute Gasteiger partial charge is 0.334 e. The normalized spacial score (nSPS) is 18.8. The second-order valence-corrected chi connectivity index (χ2v) is 6.74. The predicted octanol–water partition coefficient (Wildman–Crippen LogP) is 3.09. The Labute approximate surface area is 145 Å². The number of likely N-dealkylation sites (tertiary alicyclic amines) is 1. The summed E-state index contributed by atoms with van der Waals surface area (Å²) >= 11 is 0. The number of nitrogens with zero attached hydrogens (tertiary/aromatic N) is 3. The van der Waals surface area contributed by atoms with E-state index in [1.165, 1.54) is 50.9 Å². The van der Waals surface area contributed by atoms with E-state index >= 15 is 0 Å². The van der Waals surface area contributed by atoms with E-state index < -0.39 is 0 Å². The maximum absolute atomic E-state index is 4.46. The highest BCUT2D eigenvalue weighted by Gasteiger charge is 2.19. The topological polar surface area (TPSA) is 33.1 Å². The molecule has 4 heteroatoms. The number of piperidine rings is 1. The zero-order valence-corrected chi connectivity index (χ0v) is 14.8. The molecule has 1 saturated heterocycles.